The third-order valence-electron chi connectivity index (χ3n) is 1.91. The van der Waals surface area contributed by atoms with E-state index in [0.717, 1.165) is 26.2 Å². The Hall–Kier alpha value is -0.120. The van der Waals surface area contributed by atoms with Crippen molar-refractivity contribution in [3.8, 4) is 0 Å². The zero-order valence-corrected chi connectivity index (χ0v) is 13.3. The van der Waals surface area contributed by atoms with Crippen molar-refractivity contribution in [2.75, 3.05) is 26.2 Å². The topological polar surface area (TPSA) is 36.1 Å². The summed E-state index contributed by atoms with van der Waals surface area (Å²) in [6.07, 6.45) is 0. The Morgan fingerprint density at radius 2 is 0.882 bits per heavy atom. The van der Waals surface area contributed by atoms with Crippen LogP contribution in [0.15, 0.2) is 0 Å². The van der Waals surface area contributed by atoms with Crippen LogP contribution in [0.5, 0.6) is 0 Å². The average molecular weight is 245 g/mol. The lowest BCUT2D eigenvalue weighted by atomic mass is 10.1. The van der Waals surface area contributed by atoms with Gasteiger partial charge in [0.15, 0.2) is 0 Å². The largest absolute Gasteiger partial charge is 0.314 e. The van der Waals surface area contributed by atoms with E-state index < -0.39 is 0 Å². The molecule has 17 heavy (non-hydrogen) atoms. The van der Waals surface area contributed by atoms with Crippen molar-refractivity contribution in [3.63, 3.8) is 0 Å². The smallest absolute Gasteiger partial charge is 0.00970 e. The maximum absolute atomic E-state index is 3.45. The molecule has 0 heterocycles. The molecular weight excluding hydrogens is 210 g/mol. The van der Waals surface area contributed by atoms with E-state index >= 15 is 0 Å². The van der Waals surface area contributed by atoms with E-state index in [1.165, 1.54) is 0 Å². The highest BCUT2D eigenvalue weighted by atomic mass is 15.0. The summed E-state index contributed by atoms with van der Waals surface area (Å²) >= 11 is 0. The van der Waals surface area contributed by atoms with Crippen LogP contribution in [0.25, 0.3) is 0 Å². The minimum atomic E-state index is 0.228. The van der Waals surface area contributed by atoms with Crippen LogP contribution in [0.3, 0.4) is 0 Å². The maximum Gasteiger partial charge on any atom is 0.00970 e. The van der Waals surface area contributed by atoms with Crippen molar-refractivity contribution in [1.82, 2.24) is 16.0 Å². The first-order valence-electron chi connectivity index (χ1n) is 6.91. The van der Waals surface area contributed by atoms with Crippen LogP contribution >= 0.6 is 0 Å². The molecule has 0 aromatic rings. The Kier molecular flexibility index (Phi) is 11.2. The lowest BCUT2D eigenvalue weighted by Gasteiger charge is -2.22. The SMILES string of the molecule is CC.CC(C)(C)NCCNCCNC(C)(C)C. The molecular formula is C14H35N3. The first-order valence-corrected chi connectivity index (χ1v) is 6.91. The molecule has 0 rings (SSSR count). The summed E-state index contributed by atoms with van der Waals surface area (Å²) < 4.78 is 0. The number of hydrogen-bond acceptors (Lipinski definition) is 3. The van der Waals surface area contributed by atoms with Crippen molar-refractivity contribution in [3.05, 3.63) is 0 Å². The normalized spacial score (nSPS) is 12.0. The van der Waals surface area contributed by atoms with Gasteiger partial charge in [0.05, 0.1) is 0 Å². The van der Waals surface area contributed by atoms with Crippen molar-refractivity contribution < 1.29 is 0 Å². The molecule has 0 saturated carbocycles. The first kappa shape index (κ1) is 19.2. The van der Waals surface area contributed by atoms with Crippen LogP contribution in [0.1, 0.15) is 55.4 Å². The molecule has 0 amide bonds. The second-order valence-electron chi connectivity index (χ2n) is 6.10. The molecule has 0 aliphatic carbocycles. The zero-order chi connectivity index (χ0) is 13.9. The van der Waals surface area contributed by atoms with Gasteiger partial charge in [-0.1, -0.05) is 13.8 Å². The minimum absolute atomic E-state index is 0.228. The fourth-order valence-electron chi connectivity index (χ4n) is 1.18. The van der Waals surface area contributed by atoms with Crippen molar-refractivity contribution >= 4 is 0 Å². The molecule has 0 unspecified atom stereocenters. The van der Waals surface area contributed by atoms with Crippen LogP contribution in [0.4, 0.5) is 0 Å². The van der Waals surface area contributed by atoms with Gasteiger partial charge in [0, 0.05) is 37.3 Å². The molecule has 0 aliphatic heterocycles. The third kappa shape index (κ3) is 21.7. The highest BCUT2D eigenvalue weighted by Crippen LogP contribution is 1.97. The Morgan fingerprint density at radius 1 is 0.588 bits per heavy atom. The van der Waals surface area contributed by atoms with E-state index in [4.69, 9.17) is 0 Å². The molecule has 0 radical (unpaired) electrons. The Bertz CT molecular complexity index is 136. The van der Waals surface area contributed by atoms with Gasteiger partial charge in [0.25, 0.3) is 0 Å². The second-order valence-corrected chi connectivity index (χ2v) is 6.10. The van der Waals surface area contributed by atoms with E-state index in [2.05, 4.69) is 57.5 Å². The Balaban J connectivity index is 0. The molecule has 0 aromatic carbocycles. The Morgan fingerprint density at radius 3 is 1.12 bits per heavy atom. The van der Waals surface area contributed by atoms with E-state index in [9.17, 15) is 0 Å². The van der Waals surface area contributed by atoms with Crippen molar-refractivity contribution in [1.29, 1.82) is 0 Å². The van der Waals surface area contributed by atoms with Crippen LogP contribution < -0.4 is 16.0 Å². The van der Waals surface area contributed by atoms with Gasteiger partial charge in [0.2, 0.25) is 0 Å². The summed E-state index contributed by atoms with van der Waals surface area (Å²) in [6.45, 7) is 21.2. The van der Waals surface area contributed by atoms with Crippen molar-refractivity contribution in [2.24, 2.45) is 0 Å². The molecule has 3 nitrogen and oxygen atoms in total. The summed E-state index contributed by atoms with van der Waals surface area (Å²) in [4.78, 5) is 0. The average Bonchev–Trinajstić information content (AvgIpc) is 2.16. The van der Waals surface area contributed by atoms with Gasteiger partial charge >= 0.3 is 0 Å². The molecule has 3 N–H and O–H groups in total. The molecule has 0 aromatic heterocycles. The minimum Gasteiger partial charge on any atom is -0.314 e. The van der Waals surface area contributed by atoms with Gasteiger partial charge in [0.1, 0.15) is 0 Å². The van der Waals surface area contributed by atoms with Gasteiger partial charge in [-0.2, -0.15) is 0 Å². The standard InChI is InChI=1S/C12H29N3.C2H6/c1-11(2,3)14-9-7-13-8-10-15-12(4,5)6;1-2/h13-15H,7-10H2,1-6H3;1-2H3. The van der Waals surface area contributed by atoms with Crippen LogP contribution in [0.2, 0.25) is 0 Å². The summed E-state index contributed by atoms with van der Waals surface area (Å²) in [5.41, 5.74) is 0.455. The van der Waals surface area contributed by atoms with E-state index in [1.807, 2.05) is 13.8 Å². The van der Waals surface area contributed by atoms with Crippen LogP contribution in [0, 0.1) is 0 Å². The number of nitrogens with one attached hydrogen (secondary N) is 3. The van der Waals surface area contributed by atoms with Crippen LogP contribution in [-0.2, 0) is 0 Å². The van der Waals surface area contributed by atoms with Gasteiger partial charge < -0.3 is 16.0 Å². The van der Waals surface area contributed by atoms with E-state index in [0.29, 0.717) is 0 Å². The highest BCUT2D eigenvalue weighted by molar-refractivity contribution is 4.72. The van der Waals surface area contributed by atoms with Gasteiger partial charge in [-0.05, 0) is 41.5 Å². The third-order valence-corrected chi connectivity index (χ3v) is 1.91. The highest BCUT2D eigenvalue weighted by Gasteiger charge is 2.08. The summed E-state index contributed by atoms with van der Waals surface area (Å²) in [5, 5.41) is 10.3. The quantitative estimate of drug-likeness (QED) is 0.629. The monoisotopic (exact) mass is 245 g/mol. The van der Waals surface area contributed by atoms with Gasteiger partial charge in [-0.25, -0.2) is 0 Å². The molecule has 0 saturated heterocycles. The first-order chi connectivity index (χ1) is 7.71. The molecule has 0 fully saturated rings. The predicted molar refractivity (Wildman–Crippen MR) is 79.7 cm³/mol. The lowest BCUT2D eigenvalue weighted by Crippen LogP contribution is -2.43. The lowest BCUT2D eigenvalue weighted by molar-refractivity contribution is 0.406. The molecule has 106 valence electrons. The zero-order valence-electron chi connectivity index (χ0n) is 13.3. The molecule has 0 atom stereocenters. The van der Waals surface area contributed by atoms with E-state index in [1.54, 1.807) is 0 Å². The number of rotatable bonds is 6. The number of hydrogen-bond donors (Lipinski definition) is 3. The van der Waals surface area contributed by atoms with E-state index in [-0.39, 0.29) is 11.1 Å². The van der Waals surface area contributed by atoms with Gasteiger partial charge in [-0.3, -0.25) is 0 Å². The Labute approximate surface area is 109 Å². The fraction of sp³-hybridized carbons (Fsp3) is 1.00. The van der Waals surface area contributed by atoms with Crippen LogP contribution in [-0.4, -0.2) is 37.3 Å². The molecule has 0 bridgehead atoms. The summed E-state index contributed by atoms with van der Waals surface area (Å²) in [5.74, 6) is 0. The maximum atomic E-state index is 3.45. The molecule has 0 spiro atoms. The van der Waals surface area contributed by atoms with Crippen molar-refractivity contribution in [2.45, 2.75) is 66.5 Å². The second kappa shape index (κ2) is 9.86. The fourth-order valence-corrected chi connectivity index (χ4v) is 1.18. The molecule has 3 heteroatoms. The summed E-state index contributed by atoms with van der Waals surface area (Å²) in [6, 6.07) is 0. The predicted octanol–water partition coefficient (Wildman–Crippen LogP) is 2.38. The molecule has 0 aliphatic rings. The van der Waals surface area contributed by atoms with Gasteiger partial charge in [-0.15, -0.1) is 0 Å². The summed E-state index contributed by atoms with van der Waals surface area (Å²) in [7, 11) is 0.